The van der Waals surface area contributed by atoms with E-state index in [0.29, 0.717) is 11.1 Å². The molecule has 0 amide bonds. The quantitative estimate of drug-likeness (QED) is 0.493. The molecule has 0 bridgehead atoms. The molecule has 2 nitrogen and oxygen atoms in total. The highest BCUT2D eigenvalue weighted by molar-refractivity contribution is 6.42. The molecule has 1 aliphatic rings. The largest absolute Gasteiger partial charge is 0.288 e. The predicted molar refractivity (Wildman–Crippen MR) is 87.0 cm³/mol. The fraction of sp³-hybridized carbons (Fsp3) is 0. The van der Waals surface area contributed by atoms with Crippen molar-refractivity contribution in [3.05, 3.63) is 89.0 Å². The number of allylic oxidation sites excluding steroid dienone is 1. The fourth-order valence-corrected chi connectivity index (χ4v) is 2.86. The van der Waals surface area contributed by atoms with Crippen molar-refractivity contribution in [2.45, 2.75) is 0 Å². The van der Waals surface area contributed by atoms with Crippen LogP contribution in [0.15, 0.2) is 72.3 Å². The van der Waals surface area contributed by atoms with Gasteiger partial charge in [0.2, 0.25) is 0 Å². The third-order valence-electron chi connectivity index (χ3n) is 3.97. The molecular formula is C20H12O2. The summed E-state index contributed by atoms with van der Waals surface area (Å²) in [5.74, 6) is -0.371. The number of hydrogen-bond acceptors (Lipinski definition) is 2. The van der Waals surface area contributed by atoms with E-state index in [4.69, 9.17) is 0 Å². The van der Waals surface area contributed by atoms with Crippen LogP contribution in [0.5, 0.6) is 0 Å². The molecule has 0 aromatic heterocycles. The van der Waals surface area contributed by atoms with Crippen LogP contribution in [-0.2, 0) is 0 Å². The van der Waals surface area contributed by atoms with Crippen LogP contribution >= 0.6 is 0 Å². The van der Waals surface area contributed by atoms with Gasteiger partial charge in [-0.25, -0.2) is 0 Å². The van der Waals surface area contributed by atoms with Crippen molar-refractivity contribution in [2.75, 3.05) is 0 Å². The Morgan fingerprint density at radius 3 is 1.68 bits per heavy atom. The zero-order valence-electron chi connectivity index (χ0n) is 11.7. The van der Waals surface area contributed by atoms with Crippen molar-refractivity contribution in [2.24, 2.45) is 0 Å². The molecule has 0 heterocycles. The fourth-order valence-electron chi connectivity index (χ4n) is 2.86. The SMILES string of the molecule is O=C1C(=Cc2ccccc2)C(=O)c2cc3ccccc3cc21. The lowest BCUT2D eigenvalue weighted by Gasteiger charge is -2.00. The lowest BCUT2D eigenvalue weighted by molar-refractivity contribution is 0.0990. The lowest BCUT2D eigenvalue weighted by atomic mass is 10.0. The van der Waals surface area contributed by atoms with Crippen molar-refractivity contribution >= 4 is 28.4 Å². The second kappa shape index (κ2) is 4.78. The third kappa shape index (κ3) is 1.89. The Bertz CT molecular complexity index is 893. The number of fused-ring (bicyclic) bond motifs is 2. The summed E-state index contributed by atoms with van der Waals surface area (Å²) in [6.45, 7) is 0. The van der Waals surface area contributed by atoms with E-state index in [1.54, 1.807) is 6.08 Å². The maximum atomic E-state index is 12.6. The van der Waals surface area contributed by atoms with Gasteiger partial charge in [-0.3, -0.25) is 9.59 Å². The van der Waals surface area contributed by atoms with Gasteiger partial charge in [0.25, 0.3) is 0 Å². The Balaban J connectivity index is 1.89. The highest BCUT2D eigenvalue weighted by atomic mass is 16.2. The molecule has 1 aliphatic carbocycles. The Morgan fingerprint density at radius 2 is 1.14 bits per heavy atom. The Labute approximate surface area is 127 Å². The second-order valence-corrected chi connectivity index (χ2v) is 5.37. The van der Waals surface area contributed by atoms with E-state index in [9.17, 15) is 9.59 Å². The number of ketones is 2. The number of hydrogen-bond donors (Lipinski definition) is 0. The maximum Gasteiger partial charge on any atom is 0.197 e. The number of rotatable bonds is 1. The van der Waals surface area contributed by atoms with Crippen LogP contribution < -0.4 is 0 Å². The van der Waals surface area contributed by atoms with Gasteiger partial charge in [-0.05, 0) is 34.5 Å². The van der Waals surface area contributed by atoms with Crippen molar-refractivity contribution in [3.63, 3.8) is 0 Å². The normalized spacial score (nSPS) is 13.5. The molecule has 0 atom stereocenters. The van der Waals surface area contributed by atoms with E-state index < -0.39 is 0 Å². The summed E-state index contributed by atoms with van der Waals surface area (Å²) < 4.78 is 0. The van der Waals surface area contributed by atoms with E-state index in [1.165, 1.54) is 0 Å². The zero-order chi connectivity index (χ0) is 15.1. The Morgan fingerprint density at radius 1 is 0.636 bits per heavy atom. The lowest BCUT2D eigenvalue weighted by Crippen LogP contribution is -2.00. The van der Waals surface area contributed by atoms with Crippen LogP contribution in [-0.4, -0.2) is 11.6 Å². The van der Waals surface area contributed by atoms with Gasteiger partial charge >= 0.3 is 0 Å². The number of carbonyl (C=O) groups excluding carboxylic acids is 2. The first-order chi connectivity index (χ1) is 10.7. The molecule has 0 aliphatic heterocycles. The molecular weight excluding hydrogens is 272 g/mol. The van der Waals surface area contributed by atoms with Crippen LogP contribution in [0.4, 0.5) is 0 Å². The minimum absolute atomic E-state index is 0.186. The number of Topliss-reactive ketones (excluding diaryl/α,β-unsaturated/α-hetero) is 2. The number of benzene rings is 3. The summed E-state index contributed by atoms with van der Waals surface area (Å²) >= 11 is 0. The molecule has 2 heteroatoms. The molecule has 0 saturated heterocycles. The average molecular weight is 284 g/mol. The summed E-state index contributed by atoms with van der Waals surface area (Å²) in [7, 11) is 0. The third-order valence-corrected chi connectivity index (χ3v) is 3.97. The van der Waals surface area contributed by atoms with E-state index in [2.05, 4.69) is 0 Å². The smallest absolute Gasteiger partial charge is 0.197 e. The predicted octanol–water partition coefficient (Wildman–Crippen LogP) is 4.30. The van der Waals surface area contributed by atoms with E-state index >= 15 is 0 Å². The first-order valence-corrected chi connectivity index (χ1v) is 7.13. The summed E-state index contributed by atoms with van der Waals surface area (Å²) in [5.41, 5.74) is 2.12. The molecule has 3 aromatic rings. The topological polar surface area (TPSA) is 34.1 Å². The van der Waals surface area contributed by atoms with Crippen molar-refractivity contribution < 1.29 is 9.59 Å². The minimum Gasteiger partial charge on any atom is -0.288 e. The first-order valence-electron chi connectivity index (χ1n) is 7.13. The van der Waals surface area contributed by atoms with Gasteiger partial charge in [0, 0.05) is 11.1 Å². The van der Waals surface area contributed by atoms with Crippen LogP contribution in [0, 0.1) is 0 Å². The molecule has 0 spiro atoms. The highest BCUT2D eigenvalue weighted by Gasteiger charge is 2.33. The molecule has 22 heavy (non-hydrogen) atoms. The molecule has 0 N–H and O–H groups in total. The van der Waals surface area contributed by atoms with Crippen molar-refractivity contribution in [3.8, 4) is 0 Å². The van der Waals surface area contributed by atoms with Crippen LogP contribution in [0.3, 0.4) is 0 Å². The summed E-state index contributed by atoms with van der Waals surface area (Å²) in [6.07, 6.45) is 1.68. The summed E-state index contributed by atoms with van der Waals surface area (Å²) in [4.78, 5) is 25.1. The highest BCUT2D eigenvalue weighted by Crippen LogP contribution is 2.31. The van der Waals surface area contributed by atoms with Crippen molar-refractivity contribution in [1.29, 1.82) is 0 Å². The maximum absolute atomic E-state index is 12.6. The molecule has 4 rings (SSSR count). The van der Waals surface area contributed by atoms with Gasteiger partial charge in [0.15, 0.2) is 11.6 Å². The summed E-state index contributed by atoms with van der Waals surface area (Å²) in [5, 5.41) is 1.95. The first kappa shape index (κ1) is 12.7. The van der Waals surface area contributed by atoms with Gasteiger partial charge in [-0.1, -0.05) is 54.6 Å². The molecule has 104 valence electrons. The minimum atomic E-state index is -0.186. The van der Waals surface area contributed by atoms with Crippen molar-refractivity contribution in [1.82, 2.24) is 0 Å². The monoisotopic (exact) mass is 284 g/mol. The van der Waals surface area contributed by atoms with Crippen LogP contribution in [0.25, 0.3) is 16.8 Å². The van der Waals surface area contributed by atoms with Gasteiger partial charge in [-0.2, -0.15) is 0 Å². The van der Waals surface area contributed by atoms with E-state index in [-0.39, 0.29) is 17.1 Å². The van der Waals surface area contributed by atoms with Gasteiger partial charge in [0.05, 0.1) is 5.57 Å². The van der Waals surface area contributed by atoms with Crippen LogP contribution in [0.2, 0.25) is 0 Å². The van der Waals surface area contributed by atoms with Crippen LogP contribution in [0.1, 0.15) is 26.3 Å². The number of carbonyl (C=O) groups is 2. The summed E-state index contributed by atoms with van der Waals surface area (Å²) in [6, 6.07) is 20.8. The zero-order valence-corrected chi connectivity index (χ0v) is 11.7. The van der Waals surface area contributed by atoms with E-state index in [0.717, 1.165) is 16.3 Å². The second-order valence-electron chi connectivity index (χ2n) is 5.37. The Hall–Kier alpha value is -3.00. The average Bonchev–Trinajstić information content (AvgIpc) is 2.79. The molecule has 0 fully saturated rings. The molecule has 0 unspecified atom stereocenters. The Kier molecular flexibility index (Phi) is 2.76. The van der Waals surface area contributed by atoms with Gasteiger partial charge in [-0.15, -0.1) is 0 Å². The molecule has 0 saturated carbocycles. The molecule has 0 radical (unpaired) electrons. The molecule has 3 aromatic carbocycles. The van der Waals surface area contributed by atoms with E-state index in [1.807, 2.05) is 66.7 Å². The standard InChI is InChI=1S/C20H12O2/c21-19-16-11-14-8-4-5-9-15(14)12-17(16)20(22)18(19)10-13-6-2-1-3-7-13/h1-12H. The van der Waals surface area contributed by atoms with Gasteiger partial charge < -0.3 is 0 Å². The van der Waals surface area contributed by atoms with Gasteiger partial charge in [0.1, 0.15) is 0 Å².